The number of benzene rings is 1. The first-order valence-corrected chi connectivity index (χ1v) is 8.67. The number of rotatable bonds is 6. The molecule has 90 valence electrons. The summed E-state index contributed by atoms with van der Waals surface area (Å²) in [5, 5.41) is 0.934. The van der Waals surface area contributed by atoms with Crippen molar-refractivity contribution >= 4 is 41.7 Å². The van der Waals surface area contributed by atoms with Crippen LogP contribution < -0.4 is 0 Å². The van der Waals surface area contributed by atoms with Crippen molar-refractivity contribution in [1.29, 1.82) is 0 Å². The van der Waals surface area contributed by atoms with Gasteiger partial charge in [0.05, 0.1) is 10.6 Å². The van der Waals surface area contributed by atoms with Crippen molar-refractivity contribution in [1.82, 2.24) is 0 Å². The predicted octanol–water partition coefficient (Wildman–Crippen LogP) is 3.79. The Balaban J connectivity index is 2.64. The van der Waals surface area contributed by atoms with Gasteiger partial charge in [0.25, 0.3) is 0 Å². The van der Waals surface area contributed by atoms with Crippen molar-refractivity contribution < 1.29 is 8.42 Å². The van der Waals surface area contributed by atoms with Crippen LogP contribution in [0.5, 0.6) is 0 Å². The highest BCUT2D eigenvalue weighted by Crippen LogP contribution is 2.18. The van der Waals surface area contributed by atoms with Gasteiger partial charge in [-0.05, 0) is 31.0 Å². The normalized spacial score (nSPS) is 11.6. The molecule has 5 heteroatoms. The summed E-state index contributed by atoms with van der Waals surface area (Å²) >= 11 is 6.61. The lowest BCUT2D eigenvalue weighted by Gasteiger charge is -2.04. The van der Waals surface area contributed by atoms with Crippen LogP contribution in [0.2, 0.25) is 0 Å². The van der Waals surface area contributed by atoms with Crippen molar-refractivity contribution in [3.8, 4) is 0 Å². The molecule has 0 heterocycles. The molecule has 0 aliphatic carbocycles. The summed E-state index contributed by atoms with van der Waals surface area (Å²) in [5.74, 6) is 0.233. The van der Waals surface area contributed by atoms with Crippen LogP contribution in [0.15, 0.2) is 33.6 Å². The van der Waals surface area contributed by atoms with E-state index in [0.29, 0.717) is 4.90 Å². The smallest absolute Gasteiger partial charge is 0.178 e. The molecular formula is C11H14Br2O2S. The topological polar surface area (TPSA) is 34.1 Å². The molecule has 16 heavy (non-hydrogen) atoms. The monoisotopic (exact) mass is 368 g/mol. The van der Waals surface area contributed by atoms with Gasteiger partial charge in [0.15, 0.2) is 9.84 Å². The molecule has 1 aromatic rings. The van der Waals surface area contributed by atoms with Gasteiger partial charge in [-0.25, -0.2) is 8.42 Å². The predicted molar refractivity (Wildman–Crippen MR) is 73.8 cm³/mol. The third-order valence-electron chi connectivity index (χ3n) is 2.20. The maximum Gasteiger partial charge on any atom is 0.178 e. The number of unbranched alkanes of at least 4 members (excludes halogenated alkanes) is 2. The van der Waals surface area contributed by atoms with E-state index >= 15 is 0 Å². The zero-order valence-corrected chi connectivity index (χ0v) is 12.8. The molecule has 2 nitrogen and oxygen atoms in total. The second-order valence-corrected chi connectivity index (χ2v) is 7.34. The van der Waals surface area contributed by atoms with Crippen LogP contribution in [-0.4, -0.2) is 19.5 Å². The molecule has 0 saturated carbocycles. The molecular weight excluding hydrogens is 356 g/mol. The quantitative estimate of drug-likeness (QED) is 0.564. The van der Waals surface area contributed by atoms with E-state index in [1.54, 1.807) is 18.2 Å². The molecule has 0 aromatic heterocycles. The fraction of sp³-hybridized carbons (Fsp3) is 0.455. The maximum absolute atomic E-state index is 11.9. The van der Waals surface area contributed by atoms with Gasteiger partial charge in [-0.2, -0.15) is 0 Å². The number of alkyl halides is 1. The molecule has 0 saturated heterocycles. The van der Waals surface area contributed by atoms with Gasteiger partial charge < -0.3 is 0 Å². The van der Waals surface area contributed by atoms with Gasteiger partial charge in [0, 0.05) is 9.80 Å². The van der Waals surface area contributed by atoms with E-state index in [4.69, 9.17) is 0 Å². The Morgan fingerprint density at radius 3 is 2.50 bits per heavy atom. The first-order valence-electron chi connectivity index (χ1n) is 5.10. The third kappa shape index (κ3) is 4.55. The van der Waals surface area contributed by atoms with Crippen molar-refractivity contribution in [3.63, 3.8) is 0 Å². The second kappa shape index (κ2) is 6.77. The Kier molecular flexibility index (Phi) is 6.00. The van der Waals surface area contributed by atoms with Crippen LogP contribution in [0, 0.1) is 0 Å². The van der Waals surface area contributed by atoms with Gasteiger partial charge in [-0.1, -0.05) is 44.3 Å². The summed E-state index contributed by atoms with van der Waals surface area (Å²) in [4.78, 5) is 0.403. The zero-order chi connectivity index (χ0) is 12.0. The van der Waals surface area contributed by atoms with Crippen molar-refractivity contribution in [2.45, 2.75) is 24.2 Å². The Labute approximate surface area is 114 Å². The fourth-order valence-corrected chi connectivity index (χ4v) is 3.70. The van der Waals surface area contributed by atoms with E-state index in [0.717, 1.165) is 29.1 Å². The van der Waals surface area contributed by atoms with Crippen LogP contribution in [0.3, 0.4) is 0 Å². The van der Waals surface area contributed by atoms with Gasteiger partial charge in [-0.15, -0.1) is 0 Å². The minimum atomic E-state index is -3.11. The SMILES string of the molecule is O=S(=O)(CCCCCBr)c1cccc(Br)c1. The zero-order valence-electron chi connectivity index (χ0n) is 8.83. The summed E-state index contributed by atoms with van der Waals surface area (Å²) in [6, 6.07) is 6.86. The van der Waals surface area contributed by atoms with Crippen molar-refractivity contribution in [2.75, 3.05) is 11.1 Å². The van der Waals surface area contributed by atoms with Crippen LogP contribution in [0.25, 0.3) is 0 Å². The molecule has 0 aliphatic heterocycles. The van der Waals surface area contributed by atoms with Gasteiger partial charge in [0.2, 0.25) is 0 Å². The summed E-state index contributed by atoms with van der Waals surface area (Å²) in [6.07, 6.45) is 2.69. The molecule has 0 radical (unpaired) electrons. The highest BCUT2D eigenvalue weighted by Gasteiger charge is 2.13. The molecule has 0 bridgehead atoms. The number of hydrogen-bond donors (Lipinski definition) is 0. The first kappa shape index (κ1) is 14.2. The molecule has 0 unspecified atom stereocenters. The molecule has 0 fully saturated rings. The Morgan fingerprint density at radius 1 is 1.12 bits per heavy atom. The summed E-state index contributed by atoms with van der Waals surface area (Å²) in [6.45, 7) is 0. The number of halogens is 2. The van der Waals surface area contributed by atoms with Crippen LogP contribution in [0.1, 0.15) is 19.3 Å². The second-order valence-electron chi connectivity index (χ2n) is 3.53. The van der Waals surface area contributed by atoms with Crippen LogP contribution >= 0.6 is 31.9 Å². The lowest BCUT2D eigenvalue weighted by Crippen LogP contribution is -2.06. The average Bonchev–Trinajstić information content (AvgIpc) is 2.24. The van der Waals surface area contributed by atoms with E-state index in [2.05, 4.69) is 31.9 Å². The van der Waals surface area contributed by atoms with E-state index < -0.39 is 9.84 Å². The van der Waals surface area contributed by atoms with Crippen molar-refractivity contribution in [2.24, 2.45) is 0 Å². The van der Waals surface area contributed by atoms with Gasteiger partial charge >= 0.3 is 0 Å². The Morgan fingerprint density at radius 2 is 1.88 bits per heavy atom. The average molecular weight is 370 g/mol. The van der Waals surface area contributed by atoms with E-state index in [9.17, 15) is 8.42 Å². The third-order valence-corrected chi connectivity index (χ3v) is 5.05. The van der Waals surface area contributed by atoms with Crippen LogP contribution in [0.4, 0.5) is 0 Å². The van der Waals surface area contributed by atoms with E-state index in [1.165, 1.54) is 0 Å². The minimum Gasteiger partial charge on any atom is -0.224 e. The van der Waals surface area contributed by atoms with Crippen molar-refractivity contribution in [3.05, 3.63) is 28.7 Å². The molecule has 0 amide bonds. The lowest BCUT2D eigenvalue weighted by molar-refractivity contribution is 0.591. The number of hydrogen-bond acceptors (Lipinski definition) is 2. The van der Waals surface area contributed by atoms with Crippen LogP contribution in [-0.2, 0) is 9.84 Å². The molecule has 1 rings (SSSR count). The standard InChI is InChI=1S/C11H14Br2O2S/c12-7-2-1-3-8-16(14,15)11-6-4-5-10(13)9-11/h4-6,9H,1-3,7-8H2. The number of sulfone groups is 1. The van der Waals surface area contributed by atoms with Gasteiger partial charge in [0.1, 0.15) is 0 Å². The summed E-state index contributed by atoms with van der Waals surface area (Å²) < 4.78 is 24.6. The largest absolute Gasteiger partial charge is 0.224 e. The highest BCUT2D eigenvalue weighted by atomic mass is 79.9. The molecule has 0 aliphatic rings. The lowest BCUT2D eigenvalue weighted by atomic mass is 10.3. The maximum atomic E-state index is 11.9. The molecule has 0 spiro atoms. The summed E-state index contributed by atoms with van der Waals surface area (Å²) in [5.41, 5.74) is 0. The minimum absolute atomic E-state index is 0.233. The first-order chi connectivity index (χ1) is 7.56. The summed E-state index contributed by atoms with van der Waals surface area (Å²) in [7, 11) is -3.11. The fourth-order valence-electron chi connectivity index (χ4n) is 1.34. The molecule has 1 aromatic carbocycles. The Hall–Kier alpha value is 0.130. The van der Waals surface area contributed by atoms with E-state index in [1.807, 2.05) is 6.07 Å². The molecule has 0 N–H and O–H groups in total. The molecule has 0 atom stereocenters. The highest BCUT2D eigenvalue weighted by molar-refractivity contribution is 9.10. The van der Waals surface area contributed by atoms with Gasteiger partial charge in [-0.3, -0.25) is 0 Å². The Bertz CT molecular complexity index is 429. The van der Waals surface area contributed by atoms with E-state index in [-0.39, 0.29) is 5.75 Å².